The fourth-order valence-corrected chi connectivity index (χ4v) is 6.24. The molecular weight excluding hydrogens is 415 g/mol. The van der Waals surface area contributed by atoms with Crippen LogP contribution in [-0.2, 0) is 4.79 Å². The number of nitrogens with zero attached hydrogens (tertiary/aromatic N) is 3. The number of likely N-dealkylation sites (tertiary alicyclic amines) is 1. The van der Waals surface area contributed by atoms with Crippen LogP contribution in [0.15, 0.2) is 18.2 Å². The van der Waals surface area contributed by atoms with Crippen molar-refractivity contribution in [3.63, 3.8) is 0 Å². The van der Waals surface area contributed by atoms with Gasteiger partial charge in [-0.3, -0.25) is 9.69 Å². The Hall–Kier alpha value is -1.37. The Balaban J connectivity index is 0.00000231. The predicted molar refractivity (Wildman–Crippen MR) is 126 cm³/mol. The Bertz CT molecular complexity index is 800. The molecule has 4 aliphatic rings. The summed E-state index contributed by atoms with van der Waals surface area (Å²) in [5.41, 5.74) is 1.13. The third kappa shape index (κ3) is 4.19. The molecule has 4 saturated heterocycles. The van der Waals surface area contributed by atoms with Crippen LogP contribution in [0.5, 0.6) is 0 Å². The smallest absolute Gasteiger partial charge is 0.233 e. The molecule has 7 heteroatoms. The van der Waals surface area contributed by atoms with E-state index in [2.05, 4.69) is 22.0 Å². The molecule has 4 aliphatic heterocycles. The Morgan fingerprint density at radius 3 is 2.61 bits per heavy atom. The van der Waals surface area contributed by atoms with Crippen LogP contribution in [0.2, 0.25) is 0 Å². The maximum Gasteiger partial charge on any atom is 0.233 e. The molecule has 0 aromatic heterocycles. The molecule has 1 amide bonds. The van der Waals surface area contributed by atoms with Crippen molar-refractivity contribution in [1.82, 2.24) is 10.2 Å². The minimum Gasteiger partial charge on any atom is -0.370 e. The van der Waals surface area contributed by atoms with Gasteiger partial charge in [-0.1, -0.05) is 6.42 Å². The van der Waals surface area contributed by atoms with Gasteiger partial charge >= 0.3 is 0 Å². The van der Waals surface area contributed by atoms with Crippen LogP contribution >= 0.6 is 12.4 Å². The maximum atomic E-state index is 15.2. The van der Waals surface area contributed by atoms with Gasteiger partial charge in [-0.15, -0.1) is 12.4 Å². The van der Waals surface area contributed by atoms with E-state index in [4.69, 9.17) is 0 Å². The Morgan fingerprint density at radius 1 is 1.06 bits per heavy atom. The first kappa shape index (κ1) is 22.8. The van der Waals surface area contributed by atoms with E-state index in [1.165, 1.54) is 25.8 Å². The number of carbonyl (C=O) groups is 1. The first-order chi connectivity index (χ1) is 14.6. The minimum absolute atomic E-state index is 0. The van der Waals surface area contributed by atoms with Gasteiger partial charge in [0.1, 0.15) is 5.82 Å². The topological polar surface area (TPSA) is 38.8 Å². The van der Waals surface area contributed by atoms with E-state index in [1.807, 2.05) is 12.1 Å². The van der Waals surface area contributed by atoms with Crippen LogP contribution < -0.4 is 15.1 Å². The molecule has 4 fully saturated rings. The lowest BCUT2D eigenvalue weighted by Crippen LogP contribution is -2.46. The van der Waals surface area contributed by atoms with Crippen molar-refractivity contribution in [3.05, 3.63) is 24.0 Å². The van der Waals surface area contributed by atoms with Gasteiger partial charge in [-0.25, -0.2) is 4.39 Å². The molecule has 0 bridgehead atoms. The summed E-state index contributed by atoms with van der Waals surface area (Å²) in [6.45, 7) is 7.89. The molecule has 5 rings (SSSR count). The highest BCUT2D eigenvalue weighted by atomic mass is 35.5. The first-order valence-corrected chi connectivity index (χ1v) is 11.9. The number of anilines is 2. The monoisotopic (exact) mass is 450 g/mol. The fourth-order valence-electron chi connectivity index (χ4n) is 6.24. The molecule has 5 nitrogen and oxygen atoms in total. The van der Waals surface area contributed by atoms with Crippen molar-refractivity contribution in [2.75, 3.05) is 49.1 Å². The normalized spacial score (nSPS) is 28.9. The first-order valence-electron chi connectivity index (χ1n) is 11.9. The highest BCUT2D eigenvalue weighted by Crippen LogP contribution is 2.42. The SMILES string of the molecule is C[C@H]1CCCCN1C1CCN(c2ccc(N3CCC4(CCNCC4)C3=O)c(F)c2)C1.Cl. The van der Waals surface area contributed by atoms with Crippen molar-refractivity contribution in [3.8, 4) is 0 Å². The Labute approximate surface area is 191 Å². The number of amides is 1. The highest BCUT2D eigenvalue weighted by molar-refractivity contribution is 6.00. The lowest BCUT2D eigenvalue weighted by atomic mass is 9.78. The number of carbonyl (C=O) groups excluding carboxylic acids is 1. The molecule has 1 N–H and O–H groups in total. The summed E-state index contributed by atoms with van der Waals surface area (Å²) in [4.78, 5) is 19.8. The molecular formula is C24H36ClFN4O. The second kappa shape index (κ2) is 9.24. The Morgan fingerprint density at radius 2 is 1.87 bits per heavy atom. The largest absolute Gasteiger partial charge is 0.370 e. The van der Waals surface area contributed by atoms with Gasteiger partial charge in [0.05, 0.1) is 11.1 Å². The quantitative estimate of drug-likeness (QED) is 0.760. The van der Waals surface area contributed by atoms with E-state index in [0.717, 1.165) is 57.5 Å². The Kier molecular flexibility index (Phi) is 6.80. The third-order valence-corrected chi connectivity index (χ3v) is 8.15. The number of piperidine rings is 2. The number of rotatable bonds is 3. The van der Waals surface area contributed by atoms with E-state index in [0.29, 0.717) is 24.3 Å². The molecule has 2 atom stereocenters. The summed E-state index contributed by atoms with van der Waals surface area (Å²) in [5, 5.41) is 3.34. The zero-order chi connectivity index (χ0) is 20.7. The summed E-state index contributed by atoms with van der Waals surface area (Å²) in [5.74, 6) is -0.141. The van der Waals surface area contributed by atoms with E-state index in [1.54, 1.807) is 11.0 Å². The maximum absolute atomic E-state index is 15.2. The summed E-state index contributed by atoms with van der Waals surface area (Å²) < 4.78 is 15.2. The average molecular weight is 451 g/mol. The molecule has 0 radical (unpaired) electrons. The fraction of sp³-hybridized carbons (Fsp3) is 0.708. The lowest BCUT2D eigenvalue weighted by Gasteiger charge is -2.38. The van der Waals surface area contributed by atoms with Crippen LogP contribution in [-0.4, -0.2) is 62.2 Å². The molecule has 1 unspecified atom stereocenters. The van der Waals surface area contributed by atoms with Gasteiger partial charge in [0.15, 0.2) is 0 Å². The zero-order valence-electron chi connectivity index (χ0n) is 18.6. The van der Waals surface area contributed by atoms with Gasteiger partial charge in [-0.2, -0.15) is 0 Å². The van der Waals surface area contributed by atoms with Crippen LogP contribution in [0.25, 0.3) is 0 Å². The predicted octanol–water partition coefficient (Wildman–Crippen LogP) is 3.81. The standard InChI is InChI=1S/C24H35FN4O.ClH/c1-18-4-2-3-13-28(18)20-7-14-27(17-20)19-5-6-22(21(25)16-19)29-15-10-24(23(29)30)8-11-26-12-9-24;/h5-6,16,18,20,26H,2-4,7-15,17H2,1H3;1H/t18-,20?;/m0./s1. The van der Waals surface area contributed by atoms with Crippen molar-refractivity contribution >= 4 is 29.7 Å². The van der Waals surface area contributed by atoms with E-state index < -0.39 is 0 Å². The molecule has 0 aliphatic carbocycles. The van der Waals surface area contributed by atoms with Gasteiger partial charge < -0.3 is 15.1 Å². The average Bonchev–Trinajstić information content (AvgIpc) is 3.36. The summed E-state index contributed by atoms with van der Waals surface area (Å²) in [6.07, 6.45) is 7.66. The van der Waals surface area contributed by atoms with Gasteiger partial charge in [0, 0.05) is 37.4 Å². The second-order valence-electron chi connectivity index (χ2n) is 9.84. The van der Waals surface area contributed by atoms with Crippen molar-refractivity contribution < 1.29 is 9.18 Å². The van der Waals surface area contributed by atoms with Crippen LogP contribution in [0, 0.1) is 11.2 Å². The lowest BCUT2D eigenvalue weighted by molar-refractivity contribution is -0.126. The van der Waals surface area contributed by atoms with Crippen molar-refractivity contribution in [2.24, 2.45) is 5.41 Å². The number of hydrogen-bond acceptors (Lipinski definition) is 4. The van der Waals surface area contributed by atoms with Crippen LogP contribution in [0.3, 0.4) is 0 Å². The van der Waals surface area contributed by atoms with Crippen molar-refractivity contribution in [1.29, 1.82) is 0 Å². The van der Waals surface area contributed by atoms with Crippen molar-refractivity contribution in [2.45, 2.75) is 64.0 Å². The summed E-state index contributed by atoms with van der Waals surface area (Å²) >= 11 is 0. The summed E-state index contributed by atoms with van der Waals surface area (Å²) in [7, 11) is 0. The minimum atomic E-state index is -0.274. The number of hydrogen-bond donors (Lipinski definition) is 1. The van der Waals surface area contributed by atoms with Gasteiger partial charge in [0.2, 0.25) is 5.91 Å². The molecule has 31 heavy (non-hydrogen) atoms. The van der Waals surface area contributed by atoms with Crippen LogP contribution in [0.1, 0.15) is 51.9 Å². The third-order valence-electron chi connectivity index (χ3n) is 8.15. The van der Waals surface area contributed by atoms with E-state index in [-0.39, 0.29) is 29.5 Å². The molecule has 0 saturated carbocycles. The number of nitrogens with one attached hydrogen (secondary N) is 1. The van der Waals surface area contributed by atoms with E-state index in [9.17, 15) is 4.79 Å². The zero-order valence-corrected chi connectivity index (χ0v) is 19.4. The molecule has 4 heterocycles. The molecule has 1 spiro atoms. The summed E-state index contributed by atoms with van der Waals surface area (Å²) in [6, 6.07) is 6.73. The second-order valence-corrected chi connectivity index (χ2v) is 9.84. The van der Waals surface area contributed by atoms with Crippen LogP contribution in [0.4, 0.5) is 15.8 Å². The number of halogens is 2. The molecule has 172 valence electrons. The molecule has 1 aromatic carbocycles. The van der Waals surface area contributed by atoms with Gasteiger partial charge in [0.25, 0.3) is 0 Å². The highest BCUT2D eigenvalue weighted by Gasteiger charge is 2.47. The molecule has 1 aromatic rings. The number of benzene rings is 1. The van der Waals surface area contributed by atoms with E-state index >= 15 is 4.39 Å². The van der Waals surface area contributed by atoms with Gasteiger partial charge in [-0.05, 0) is 83.3 Å².